The van der Waals surface area contributed by atoms with Crippen LogP contribution in [0.5, 0.6) is 5.88 Å². The van der Waals surface area contributed by atoms with Crippen LogP contribution < -0.4 is 10.1 Å². The van der Waals surface area contributed by atoms with E-state index in [0.717, 1.165) is 49.7 Å². The predicted molar refractivity (Wildman–Crippen MR) is 67.1 cm³/mol. The summed E-state index contributed by atoms with van der Waals surface area (Å²) in [5.41, 5.74) is 2.29. The van der Waals surface area contributed by atoms with E-state index in [2.05, 4.69) is 22.2 Å². The van der Waals surface area contributed by atoms with Gasteiger partial charge in [0.25, 0.3) is 0 Å². The van der Waals surface area contributed by atoms with Crippen molar-refractivity contribution in [3.8, 4) is 5.88 Å². The van der Waals surface area contributed by atoms with Gasteiger partial charge in [-0.05, 0) is 6.42 Å². The van der Waals surface area contributed by atoms with Gasteiger partial charge in [0.05, 0.1) is 12.3 Å². The number of fused-ring (bicyclic) bond motifs is 1. The zero-order chi connectivity index (χ0) is 11.9. The largest absolute Gasteiger partial charge is 0.477 e. The van der Waals surface area contributed by atoms with Crippen LogP contribution in [0.1, 0.15) is 43.9 Å². The van der Waals surface area contributed by atoms with Crippen molar-refractivity contribution < 1.29 is 4.74 Å². The van der Waals surface area contributed by atoms with E-state index in [0.29, 0.717) is 0 Å². The van der Waals surface area contributed by atoms with Crippen LogP contribution in [0.2, 0.25) is 0 Å². The lowest BCUT2D eigenvalue weighted by Crippen LogP contribution is -2.25. The summed E-state index contributed by atoms with van der Waals surface area (Å²) in [6.45, 7) is 4.82. The van der Waals surface area contributed by atoms with Crippen LogP contribution in [0, 0.1) is 0 Å². The van der Waals surface area contributed by atoms with Crippen molar-refractivity contribution in [2.24, 2.45) is 0 Å². The third-order valence-corrected chi connectivity index (χ3v) is 3.07. The van der Waals surface area contributed by atoms with Gasteiger partial charge < -0.3 is 10.1 Å². The maximum Gasteiger partial charge on any atom is 0.221 e. The number of unbranched alkanes of at least 4 members (excludes halogenated alkanes) is 3. The first-order valence-corrected chi connectivity index (χ1v) is 6.58. The highest BCUT2D eigenvalue weighted by molar-refractivity contribution is 5.31. The minimum Gasteiger partial charge on any atom is -0.477 e. The van der Waals surface area contributed by atoms with Crippen LogP contribution in [0.3, 0.4) is 0 Å². The number of nitrogens with zero attached hydrogens (tertiary/aromatic N) is 2. The third-order valence-electron chi connectivity index (χ3n) is 3.07. The van der Waals surface area contributed by atoms with E-state index in [1.54, 1.807) is 6.33 Å². The van der Waals surface area contributed by atoms with E-state index in [1.807, 2.05) is 0 Å². The van der Waals surface area contributed by atoms with Crippen LogP contribution in [-0.4, -0.2) is 23.1 Å². The molecular weight excluding hydrogens is 214 g/mol. The fraction of sp³-hybridized carbons (Fsp3) is 0.692. The normalized spacial score (nSPS) is 14.4. The van der Waals surface area contributed by atoms with E-state index in [1.165, 1.54) is 19.3 Å². The summed E-state index contributed by atoms with van der Waals surface area (Å²) in [4.78, 5) is 8.54. The molecule has 94 valence electrons. The Bertz CT molecular complexity index is 355. The average Bonchev–Trinajstić information content (AvgIpc) is 2.39. The highest BCUT2D eigenvalue weighted by Crippen LogP contribution is 2.20. The Morgan fingerprint density at radius 3 is 3.12 bits per heavy atom. The lowest BCUT2D eigenvalue weighted by Gasteiger charge is -2.18. The number of hydrogen-bond acceptors (Lipinski definition) is 4. The van der Waals surface area contributed by atoms with Gasteiger partial charge in [0.1, 0.15) is 6.33 Å². The van der Waals surface area contributed by atoms with Crippen LogP contribution in [-0.2, 0) is 13.0 Å². The second-order valence-electron chi connectivity index (χ2n) is 4.44. The Balaban J connectivity index is 1.87. The highest BCUT2D eigenvalue weighted by atomic mass is 16.5. The average molecular weight is 235 g/mol. The molecule has 0 saturated heterocycles. The molecule has 0 atom stereocenters. The summed E-state index contributed by atoms with van der Waals surface area (Å²) in [6.07, 6.45) is 7.48. The van der Waals surface area contributed by atoms with E-state index in [9.17, 15) is 0 Å². The van der Waals surface area contributed by atoms with Crippen LogP contribution in [0.4, 0.5) is 0 Å². The number of nitrogens with one attached hydrogen (secondary N) is 1. The summed E-state index contributed by atoms with van der Waals surface area (Å²) in [5, 5.41) is 3.33. The fourth-order valence-corrected chi connectivity index (χ4v) is 2.07. The predicted octanol–water partition coefficient (Wildman–Crippen LogP) is 2.08. The molecule has 0 aromatic carbocycles. The summed E-state index contributed by atoms with van der Waals surface area (Å²) in [6, 6.07) is 0. The molecule has 0 bridgehead atoms. The Kier molecular flexibility index (Phi) is 4.74. The molecule has 0 fully saturated rings. The van der Waals surface area contributed by atoms with Gasteiger partial charge >= 0.3 is 0 Å². The fourth-order valence-electron chi connectivity index (χ4n) is 2.07. The van der Waals surface area contributed by atoms with Gasteiger partial charge in [0.15, 0.2) is 0 Å². The molecule has 1 N–H and O–H groups in total. The van der Waals surface area contributed by atoms with Gasteiger partial charge in [-0.2, -0.15) is 0 Å². The molecule has 1 aromatic heterocycles. The maximum atomic E-state index is 5.76. The number of rotatable bonds is 6. The molecule has 0 saturated carbocycles. The lowest BCUT2D eigenvalue weighted by molar-refractivity contribution is 0.287. The molecule has 0 unspecified atom stereocenters. The van der Waals surface area contributed by atoms with E-state index in [-0.39, 0.29) is 0 Å². The van der Waals surface area contributed by atoms with Crippen molar-refractivity contribution in [1.82, 2.24) is 15.3 Å². The molecular formula is C13H21N3O. The molecule has 0 aliphatic carbocycles. The molecule has 4 nitrogen and oxygen atoms in total. The standard InChI is InChI=1S/C13H21N3O/c1-2-3-4-5-8-17-13-11-9-14-7-6-12(11)15-10-16-13/h10,14H,2-9H2,1H3. The molecule has 0 radical (unpaired) electrons. The Labute approximate surface area is 103 Å². The van der Waals surface area contributed by atoms with Crippen LogP contribution in [0.15, 0.2) is 6.33 Å². The van der Waals surface area contributed by atoms with Crippen LogP contribution >= 0.6 is 0 Å². The molecule has 1 aromatic rings. The van der Waals surface area contributed by atoms with Gasteiger partial charge in [-0.25, -0.2) is 9.97 Å². The Morgan fingerprint density at radius 1 is 1.29 bits per heavy atom. The lowest BCUT2D eigenvalue weighted by atomic mass is 10.1. The Morgan fingerprint density at radius 2 is 2.24 bits per heavy atom. The summed E-state index contributed by atoms with van der Waals surface area (Å²) >= 11 is 0. The Hall–Kier alpha value is -1.16. The van der Waals surface area contributed by atoms with Crippen molar-refractivity contribution in [2.45, 2.75) is 45.6 Å². The van der Waals surface area contributed by atoms with E-state index in [4.69, 9.17) is 4.74 Å². The summed E-state index contributed by atoms with van der Waals surface area (Å²) in [5.74, 6) is 0.777. The molecule has 1 aliphatic heterocycles. The topological polar surface area (TPSA) is 47.0 Å². The quantitative estimate of drug-likeness (QED) is 0.767. The number of hydrogen-bond donors (Lipinski definition) is 1. The molecule has 4 heteroatoms. The maximum absolute atomic E-state index is 5.76. The van der Waals surface area contributed by atoms with Gasteiger partial charge in [-0.1, -0.05) is 26.2 Å². The van der Waals surface area contributed by atoms with Crippen molar-refractivity contribution in [2.75, 3.05) is 13.2 Å². The van der Waals surface area contributed by atoms with Gasteiger partial charge in [0, 0.05) is 25.1 Å². The van der Waals surface area contributed by atoms with Gasteiger partial charge in [0.2, 0.25) is 5.88 Å². The van der Waals surface area contributed by atoms with E-state index >= 15 is 0 Å². The minimum atomic E-state index is 0.767. The van der Waals surface area contributed by atoms with E-state index < -0.39 is 0 Å². The van der Waals surface area contributed by atoms with Crippen molar-refractivity contribution in [1.29, 1.82) is 0 Å². The molecule has 1 aliphatic rings. The van der Waals surface area contributed by atoms with Crippen molar-refractivity contribution in [3.63, 3.8) is 0 Å². The molecule has 2 heterocycles. The van der Waals surface area contributed by atoms with Gasteiger partial charge in [-0.15, -0.1) is 0 Å². The number of aromatic nitrogens is 2. The summed E-state index contributed by atoms with van der Waals surface area (Å²) < 4.78 is 5.76. The second kappa shape index (κ2) is 6.55. The number of ether oxygens (including phenoxy) is 1. The first-order valence-electron chi connectivity index (χ1n) is 6.58. The highest BCUT2D eigenvalue weighted by Gasteiger charge is 2.15. The van der Waals surface area contributed by atoms with Crippen molar-refractivity contribution in [3.05, 3.63) is 17.6 Å². The molecule has 0 amide bonds. The second-order valence-corrected chi connectivity index (χ2v) is 4.44. The van der Waals surface area contributed by atoms with Gasteiger partial charge in [-0.3, -0.25) is 0 Å². The smallest absolute Gasteiger partial charge is 0.221 e. The molecule has 17 heavy (non-hydrogen) atoms. The monoisotopic (exact) mass is 235 g/mol. The zero-order valence-corrected chi connectivity index (χ0v) is 10.5. The molecule has 0 spiro atoms. The first-order chi connectivity index (χ1) is 8.42. The molecule has 2 rings (SSSR count). The SMILES string of the molecule is CCCCCCOc1ncnc2c1CNCC2. The summed E-state index contributed by atoms with van der Waals surface area (Å²) in [7, 11) is 0. The minimum absolute atomic E-state index is 0.767. The third kappa shape index (κ3) is 3.40. The van der Waals surface area contributed by atoms with Crippen molar-refractivity contribution >= 4 is 0 Å². The zero-order valence-electron chi connectivity index (χ0n) is 10.5. The first kappa shape index (κ1) is 12.3. The van der Waals surface area contributed by atoms with Crippen LogP contribution in [0.25, 0.3) is 0 Å².